The number of fused-ring (bicyclic) bond motifs is 1. The largest absolute Gasteiger partial charge is 0.497 e. The normalized spacial score (nSPS) is 15.4. The van der Waals surface area contributed by atoms with Crippen LogP contribution in [-0.2, 0) is 6.42 Å². The minimum absolute atomic E-state index is 0.893. The van der Waals surface area contributed by atoms with Crippen LogP contribution in [0.15, 0.2) is 24.3 Å². The summed E-state index contributed by atoms with van der Waals surface area (Å²) >= 11 is 0. The van der Waals surface area contributed by atoms with Gasteiger partial charge >= 0.3 is 0 Å². The Hall–Kier alpha value is -1.81. The van der Waals surface area contributed by atoms with Crippen LogP contribution in [0.25, 0.3) is 10.9 Å². The maximum Gasteiger partial charge on any atom is 0.119 e. The molecule has 0 aliphatic carbocycles. The minimum Gasteiger partial charge on any atom is -0.497 e. The molecule has 0 radical (unpaired) electrons. The standard InChI is InChI=1S/C17H23N3O/c1-3-4-13-11-17(20-9-7-18-8-10-20)15-12-14(21-2)5-6-16(15)19-13/h5-6,11-12,18H,3-4,7-10H2,1-2H3. The number of benzene rings is 1. The van der Waals surface area contributed by atoms with Gasteiger partial charge in [-0.2, -0.15) is 0 Å². The molecule has 112 valence electrons. The van der Waals surface area contributed by atoms with Crippen LogP contribution in [-0.4, -0.2) is 38.3 Å². The Labute approximate surface area is 126 Å². The van der Waals surface area contributed by atoms with Gasteiger partial charge in [0.05, 0.1) is 12.6 Å². The zero-order valence-electron chi connectivity index (χ0n) is 12.9. The highest BCUT2D eigenvalue weighted by molar-refractivity contribution is 5.93. The summed E-state index contributed by atoms with van der Waals surface area (Å²) in [5, 5.41) is 4.60. The molecule has 2 aromatic rings. The summed E-state index contributed by atoms with van der Waals surface area (Å²) in [6, 6.07) is 8.43. The van der Waals surface area contributed by atoms with Gasteiger partial charge in [-0.25, -0.2) is 0 Å². The molecule has 2 heterocycles. The summed E-state index contributed by atoms with van der Waals surface area (Å²) in [7, 11) is 1.71. The lowest BCUT2D eigenvalue weighted by molar-refractivity contribution is 0.415. The smallest absolute Gasteiger partial charge is 0.119 e. The van der Waals surface area contributed by atoms with Crippen LogP contribution in [0, 0.1) is 0 Å². The molecule has 4 heteroatoms. The number of anilines is 1. The molecule has 4 nitrogen and oxygen atoms in total. The van der Waals surface area contributed by atoms with Crippen molar-refractivity contribution in [1.29, 1.82) is 0 Å². The Bertz CT molecular complexity index is 621. The van der Waals surface area contributed by atoms with E-state index in [1.54, 1.807) is 7.11 Å². The van der Waals surface area contributed by atoms with Gasteiger partial charge in [-0.05, 0) is 30.7 Å². The van der Waals surface area contributed by atoms with Crippen LogP contribution in [0.4, 0.5) is 5.69 Å². The quantitative estimate of drug-likeness (QED) is 0.937. The number of hydrogen-bond acceptors (Lipinski definition) is 4. The van der Waals surface area contributed by atoms with Gasteiger partial charge in [-0.15, -0.1) is 0 Å². The molecule has 3 rings (SSSR count). The van der Waals surface area contributed by atoms with Crippen molar-refractivity contribution in [3.8, 4) is 5.75 Å². The fourth-order valence-electron chi connectivity index (χ4n) is 2.92. The fourth-order valence-corrected chi connectivity index (χ4v) is 2.92. The molecular formula is C17H23N3O. The monoisotopic (exact) mass is 285 g/mol. The van der Waals surface area contributed by atoms with Crippen molar-refractivity contribution >= 4 is 16.6 Å². The van der Waals surface area contributed by atoms with Gasteiger partial charge in [0, 0.05) is 42.9 Å². The Morgan fingerprint density at radius 2 is 2.05 bits per heavy atom. The number of rotatable bonds is 4. The summed E-state index contributed by atoms with van der Waals surface area (Å²) in [4.78, 5) is 7.26. The fraction of sp³-hybridized carbons (Fsp3) is 0.471. The summed E-state index contributed by atoms with van der Waals surface area (Å²) in [6.07, 6.45) is 2.15. The van der Waals surface area contributed by atoms with E-state index in [0.29, 0.717) is 0 Å². The van der Waals surface area contributed by atoms with E-state index in [2.05, 4.69) is 35.3 Å². The van der Waals surface area contributed by atoms with Gasteiger partial charge in [0.1, 0.15) is 5.75 Å². The second-order valence-electron chi connectivity index (χ2n) is 5.50. The first kappa shape index (κ1) is 14.1. The van der Waals surface area contributed by atoms with Crippen LogP contribution in [0.2, 0.25) is 0 Å². The highest BCUT2D eigenvalue weighted by Gasteiger charge is 2.15. The van der Waals surface area contributed by atoms with Crippen LogP contribution in [0.3, 0.4) is 0 Å². The number of pyridine rings is 1. The number of nitrogens with one attached hydrogen (secondary N) is 1. The van der Waals surface area contributed by atoms with E-state index in [1.807, 2.05) is 6.07 Å². The first-order valence-electron chi connectivity index (χ1n) is 7.75. The van der Waals surface area contributed by atoms with Gasteiger partial charge < -0.3 is 15.0 Å². The first-order chi connectivity index (χ1) is 10.3. The van der Waals surface area contributed by atoms with Gasteiger partial charge in [-0.3, -0.25) is 4.98 Å². The minimum atomic E-state index is 0.893. The number of piperazine rings is 1. The van der Waals surface area contributed by atoms with Gasteiger partial charge in [0.25, 0.3) is 0 Å². The van der Waals surface area contributed by atoms with Gasteiger partial charge in [-0.1, -0.05) is 13.3 Å². The highest BCUT2D eigenvalue weighted by Crippen LogP contribution is 2.30. The topological polar surface area (TPSA) is 37.4 Å². The van der Waals surface area contributed by atoms with E-state index in [1.165, 1.54) is 16.8 Å². The number of hydrogen-bond donors (Lipinski definition) is 1. The maximum atomic E-state index is 5.38. The zero-order valence-corrected chi connectivity index (χ0v) is 12.9. The molecule has 0 amide bonds. The third kappa shape index (κ3) is 2.95. The number of methoxy groups -OCH3 is 1. The molecule has 0 unspecified atom stereocenters. The van der Waals surface area contributed by atoms with Crippen molar-refractivity contribution in [3.05, 3.63) is 30.0 Å². The third-order valence-electron chi connectivity index (χ3n) is 4.01. The molecule has 1 aliphatic rings. The lowest BCUT2D eigenvalue weighted by Crippen LogP contribution is -2.43. The van der Waals surface area contributed by atoms with Crippen molar-refractivity contribution in [3.63, 3.8) is 0 Å². The summed E-state index contributed by atoms with van der Waals surface area (Å²) in [5.74, 6) is 0.893. The number of aryl methyl sites for hydroxylation is 1. The van der Waals surface area contributed by atoms with Crippen LogP contribution in [0.1, 0.15) is 19.0 Å². The average molecular weight is 285 g/mol. The lowest BCUT2D eigenvalue weighted by Gasteiger charge is -2.30. The number of nitrogens with zero attached hydrogens (tertiary/aromatic N) is 2. The Morgan fingerprint density at radius 1 is 1.24 bits per heavy atom. The molecule has 1 fully saturated rings. The van der Waals surface area contributed by atoms with Crippen LogP contribution >= 0.6 is 0 Å². The van der Waals surface area contributed by atoms with Crippen LogP contribution in [0.5, 0.6) is 5.75 Å². The second kappa shape index (κ2) is 6.31. The van der Waals surface area contributed by atoms with E-state index < -0.39 is 0 Å². The Kier molecular flexibility index (Phi) is 4.25. The number of ether oxygens (including phenoxy) is 1. The molecule has 21 heavy (non-hydrogen) atoms. The lowest BCUT2D eigenvalue weighted by atomic mass is 10.1. The van der Waals surface area contributed by atoms with Crippen molar-refractivity contribution < 1.29 is 4.74 Å². The Morgan fingerprint density at radius 3 is 2.76 bits per heavy atom. The van der Waals surface area contributed by atoms with Crippen molar-refractivity contribution in [1.82, 2.24) is 10.3 Å². The molecule has 1 aromatic carbocycles. The van der Waals surface area contributed by atoms with Crippen molar-refractivity contribution in [2.45, 2.75) is 19.8 Å². The molecule has 1 saturated heterocycles. The summed E-state index contributed by atoms with van der Waals surface area (Å²) in [5.41, 5.74) is 3.54. The Balaban J connectivity index is 2.11. The molecule has 0 saturated carbocycles. The van der Waals surface area contributed by atoms with Crippen molar-refractivity contribution in [2.75, 3.05) is 38.2 Å². The molecule has 1 N–H and O–H groups in total. The van der Waals surface area contributed by atoms with Crippen molar-refractivity contribution in [2.24, 2.45) is 0 Å². The van der Waals surface area contributed by atoms with E-state index in [4.69, 9.17) is 9.72 Å². The third-order valence-corrected chi connectivity index (χ3v) is 4.01. The molecule has 0 atom stereocenters. The SMILES string of the molecule is CCCc1cc(N2CCNCC2)c2cc(OC)ccc2n1. The maximum absolute atomic E-state index is 5.38. The average Bonchev–Trinajstić information content (AvgIpc) is 2.55. The summed E-state index contributed by atoms with van der Waals surface area (Å²) < 4.78 is 5.38. The second-order valence-corrected chi connectivity index (χ2v) is 5.50. The van der Waals surface area contributed by atoms with E-state index in [-0.39, 0.29) is 0 Å². The molecule has 1 aliphatic heterocycles. The van der Waals surface area contributed by atoms with E-state index >= 15 is 0 Å². The van der Waals surface area contributed by atoms with Crippen LogP contribution < -0.4 is 15.0 Å². The summed E-state index contributed by atoms with van der Waals surface area (Å²) in [6.45, 7) is 6.36. The van der Waals surface area contributed by atoms with Gasteiger partial charge in [0.15, 0.2) is 0 Å². The first-order valence-corrected chi connectivity index (χ1v) is 7.75. The predicted octanol–water partition coefficient (Wildman–Crippen LogP) is 2.61. The van der Waals surface area contributed by atoms with E-state index in [9.17, 15) is 0 Å². The molecule has 1 aromatic heterocycles. The zero-order chi connectivity index (χ0) is 14.7. The highest BCUT2D eigenvalue weighted by atomic mass is 16.5. The molecular weight excluding hydrogens is 262 g/mol. The molecule has 0 bridgehead atoms. The van der Waals surface area contributed by atoms with Gasteiger partial charge in [0.2, 0.25) is 0 Å². The molecule has 0 spiro atoms. The number of aromatic nitrogens is 1. The van der Waals surface area contributed by atoms with E-state index in [0.717, 1.165) is 50.3 Å². The predicted molar refractivity (Wildman–Crippen MR) is 87.4 cm³/mol.